The molecule has 4 rings (SSSR count). The van der Waals surface area contributed by atoms with Gasteiger partial charge >= 0.3 is 6.18 Å². The molecule has 0 aliphatic carbocycles. The summed E-state index contributed by atoms with van der Waals surface area (Å²) in [7, 11) is 1.49. The molecule has 2 aromatic carbocycles. The van der Waals surface area contributed by atoms with Crippen molar-refractivity contribution in [1.29, 1.82) is 0 Å². The molecule has 4 aromatic rings. The number of alkyl halides is 3. The summed E-state index contributed by atoms with van der Waals surface area (Å²) >= 11 is 0. The number of aromatic amines is 1. The first-order valence-corrected chi connectivity index (χ1v) is 9.99. The highest BCUT2D eigenvalue weighted by molar-refractivity contribution is 6.11. The summed E-state index contributed by atoms with van der Waals surface area (Å²) in [5.41, 5.74) is 0.555. The Morgan fingerprint density at radius 2 is 1.76 bits per heavy atom. The van der Waals surface area contributed by atoms with E-state index in [9.17, 15) is 22.8 Å². The van der Waals surface area contributed by atoms with Gasteiger partial charge in [-0.1, -0.05) is 0 Å². The van der Waals surface area contributed by atoms with Crippen molar-refractivity contribution in [2.24, 2.45) is 0 Å². The number of rotatable bonds is 5. The zero-order chi connectivity index (χ0) is 24.5. The lowest BCUT2D eigenvalue weighted by molar-refractivity contribution is -0.137. The van der Waals surface area contributed by atoms with Crippen LogP contribution in [-0.2, 0) is 6.18 Å². The van der Waals surface area contributed by atoms with E-state index in [0.717, 1.165) is 12.1 Å². The number of anilines is 1. The van der Waals surface area contributed by atoms with Crippen molar-refractivity contribution in [2.75, 3.05) is 12.4 Å². The van der Waals surface area contributed by atoms with E-state index < -0.39 is 17.6 Å². The minimum absolute atomic E-state index is 0.0644. The number of nitrogens with zero attached hydrogens (tertiary/aromatic N) is 2. The fraction of sp³-hybridized carbons (Fsp3) is 0.130. The molecule has 2 heterocycles. The predicted molar refractivity (Wildman–Crippen MR) is 118 cm³/mol. The number of fused-ring (bicyclic) bond motifs is 1. The summed E-state index contributed by atoms with van der Waals surface area (Å²) in [5.74, 6) is -0.169. The fourth-order valence-corrected chi connectivity index (χ4v) is 3.25. The lowest BCUT2D eigenvalue weighted by Gasteiger charge is -2.11. The monoisotopic (exact) mass is 469 g/mol. The highest BCUT2D eigenvalue weighted by atomic mass is 19.4. The number of nitrogens with one attached hydrogen (secondary N) is 3. The highest BCUT2D eigenvalue weighted by Gasteiger charge is 2.31. The molecule has 2 amide bonds. The summed E-state index contributed by atoms with van der Waals surface area (Å²) in [6, 6.07) is 11.0. The van der Waals surface area contributed by atoms with Gasteiger partial charge in [-0.25, -0.2) is 0 Å². The van der Waals surface area contributed by atoms with Gasteiger partial charge in [-0.3, -0.25) is 19.7 Å². The number of carbonyl (C=O) groups is 2. The van der Waals surface area contributed by atoms with Crippen LogP contribution in [0.5, 0.6) is 11.5 Å². The quantitative estimate of drug-likeness (QED) is 0.393. The van der Waals surface area contributed by atoms with E-state index >= 15 is 0 Å². The Kier molecular flexibility index (Phi) is 5.93. The molecular formula is C23H18F3N5O3. The van der Waals surface area contributed by atoms with Gasteiger partial charge < -0.3 is 15.4 Å². The van der Waals surface area contributed by atoms with Crippen LogP contribution in [0.4, 0.5) is 18.9 Å². The van der Waals surface area contributed by atoms with E-state index in [1.807, 2.05) is 0 Å². The van der Waals surface area contributed by atoms with Crippen LogP contribution in [0.25, 0.3) is 10.9 Å². The van der Waals surface area contributed by atoms with Gasteiger partial charge in [0.1, 0.15) is 17.2 Å². The van der Waals surface area contributed by atoms with Gasteiger partial charge in [0.2, 0.25) is 0 Å². The van der Waals surface area contributed by atoms with Crippen LogP contribution in [0.1, 0.15) is 32.1 Å². The smallest absolute Gasteiger partial charge is 0.416 e. The third kappa shape index (κ3) is 4.68. The van der Waals surface area contributed by atoms with Gasteiger partial charge in [0, 0.05) is 30.4 Å². The zero-order valence-corrected chi connectivity index (χ0v) is 17.9. The summed E-state index contributed by atoms with van der Waals surface area (Å²) in [5, 5.41) is 11.7. The minimum atomic E-state index is -4.54. The zero-order valence-electron chi connectivity index (χ0n) is 17.9. The normalized spacial score (nSPS) is 11.3. The molecule has 0 saturated carbocycles. The maximum absolute atomic E-state index is 13.1. The van der Waals surface area contributed by atoms with E-state index in [4.69, 9.17) is 4.74 Å². The van der Waals surface area contributed by atoms with Crippen molar-refractivity contribution >= 4 is 28.4 Å². The van der Waals surface area contributed by atoms with E-state index in [-0.39, 0.29) is 22.7 Å². The van der Waals surface area contributed by atoms with Crippen LogP contribution < -0.4 is 15.4 Å². The number of benzene rings is 2. The number of pyridine rings is 1. The van der Waals surface area contributed by atoms with Crippen molar-refractivity contribution in [2.45, 2.75) is 13.1 Å². The first-order chi connectivity index (χ1) is 16.2. The lowest BCUT2D eigenvalue weighted by Crippen LogP contribution is -2.18. The van der Waals surface area contributed by atoms with Crippen molar-refractivity contribution in [3.63, 3.8) is 0 Å². The predicted octanol–water partition coefficient (Wildman–Crippen LogP) is 4.69. The number of amides is 2. The number of H-pyrrole nitrogens is 1. The van der Waals surface area contributed by atoms with Gasteiger partial charge in [0.15, 0.2) is 5.69 Å². The molecule has 0 unspecified atom stereocenters. The largest absolute Gasteiger partial charge is 0.457 e. The van der Waals surface area contributed by atoms with Crippen LogP contribution in [-0.4, -0.2) is 34.0 Å². The highest BCUT2D eigenvalue weighted by Crippen LogP contribution is 2.32. The molecule has 34 heavy (non-hydrogen) atoms. The second kappa shape index (κ2) is 8.85. The Morgan fingerprint density at radius 3 is 2.47 bits per heavy atom. The molecular weight excluding hydrogens is 451 g/mol. The second-order valence-corrected chi connectivity index (χ2v) is 7.32. The molecule has 174 valence electrons. The molecule has 0 saturated heterocycles. The number of aryl methyl sites for hydroxylation is 1. The van der Waals surface area contributed by atoms with Crippen LogP contribution in [0.15, 0.2) is 54.7 Å². The first-order valence-electron chi connectivity index (χ1n) is 9.99. The minimum Gasteiger partial charge on any atom is -0.457 e. The van der Waals surface area contributed by atoms with E-state index in [1.165, 1.54) is 25.4 Å². The lowest BCUT2D eigenvalue weighted by atomic mass is 10.1. The average molecular weight is 469 g/mol. The Morgan fingerprint density at radius 1 is 1.00 bits per heavy atom. The Hall–Kier alpha value is -4.41. The molecule has 2 aromatic heterocycles. The number of carbonyl (C=O) groups excluding carboxylic acids is 2. The standard InChI is InChI=1S/C23H18F3N5O3/c1-12-9-14(34-15-7-8-28-19(11-15)21(32)27-2)4-6-17(12)29-22(33)20-16-10-13(23(24,25)26)3-5-18(16)30-31-20/h3-11H,1-2H3,(H,27,32)(H,29,33)(H,30,31). The second-order valence-electron chi connectivity index (χ2n) is 7.32. The number of halogens is 3. The topological polar surface area (TPSA) is 109 Å². The number of hydrogen-bond donors (Lipinski definition) is 3. The van der Waals surface area contributed by atoms with Crippen molar-refractivity contribution in [3.05, 3.63) is 77.2 Å². The Bertz CT molecular complexity index is 1400. The molecule has 0 radical (unpaired) electrons. The Balaban J connectivity index is 1.53. The molecule has 0 aliphatic rings. The van der Waals surface area contributed by atoms with Crippen LogP contribution in [0, 0.1) is 6.92 Å². The molecule has 11 heteroatoms. The van der Waals surface area contributed by atoms with E-state index in [2.05, 4.69) is 25.8 Å². The maximum atomic E-state index is 13.1. The number of hydrogen-bond acceptors (Lipinski definition) is 5. The van der Waals surface area contributed by atoms with E-state index in [1.54, 1.807) is 31.2 Å². The maximum Gasteiger partial charge on any atom is 0.416 e. The molecule has 0 aliphatic heterocycles. The summed E-state index contributed by atoms with van der Waals surface area (Å²) in [6.45, 7) is 1.73. The van der Waals surface area contributed by atoms with Gasteiger partial charge in [-0.15, -0.1) is 0 Å². The van der Waals surface area contributed by atoms with Crippen LogP contribution in [0.2, 0.25) is 0 Å². The number of ether oxygens (including phenoxy) is 1. The molecule has 3 N–H and O–H groups in total. The van der Waals surface area contributed by atoms with Gasteiger partial charge in [0.25, 0.3) is 11.8 Å². The summed E-state index contributed by atoms with van der Waals surface area (Å²) in [4.78, 5) is 28.5. The third-order valence-corrected chi connectivity index (χ3v) is 4.98. The Labute approximate surface area is 191 Å². The summed E-state index contributed by atoms with van der Waals surface area (Å²) < 4.78 is 45.0. The molecule has 8 nitrogen and oxygen atoms in total. The fourth-order valence-electron chi connectivity index (χ4n) is 3.25. The third-order valence-electron chi connectivity index (χ3n) is 4.98. The van der Waals surface area contributed by atoms with E-state index in [0.29, 0.717) is 28.3 Å². The average Bonchev–Trinajstić information content (AvgIpc) is 3.23. The summed E-state index contributed by atoms with van der Waals surface area (Å²) in [6.07, 6.45) is -3.10. The van der Waals surface area contributed by atoms with Crippen molar-refractivity contribution in [1.82, 2.24) is 20.5 Å². The first kappa shape index (κ1) is 22.8. The molecule has 0 fully saturated rings. The van der Waals surface area contributed by atoms with Gasteiger partial charge in [-0.2, -0.15) is 18.3 Å². The molecule has 0 bridgehead atoms. The van der Waals surface area contributed by atoms with Crippen molar-refractivity contribution in [3.8, 4) is 11.5 Å². The van der Waals surface area contributed by atoms with Crippen molar-refractivity contribution < 1.29 is 27.5 Å². The SMILES string of the molecule is CNC(=O)c1cc(Oc2ccc(NC(=O)c3n[nH]c4ccc(C(F)(F)F)cc34)c(C)c2)ccn1. The van der Waals surface area contributed by atoms with Crippen LogP contribution in [0.3, 0.4) is 0 Å². The molecule has 0 spiro atoms. The van der Waals surface area contributed by atoms with Gasteiger partial charge in [0.05, 0.1) is 11.1 Å². The number of aromatic nitrogens is 3. The van der Waals surface area contributed by atoms with Crippen LogP contribution >= 0.6 is 0 Å². The van der Waals surface area contributed by atoms with Gasteiger partial charge in [-0.05, 0) is 55.0 Å². The molecule has 0 atom stereocenters.